The second kappa shape index (κ2) is 6.03. The number of methoxy groups -OCH3 is 1. The number of rotatable bonds is 4. The molecule has 22 heavy (non-hydrogen) atoms. The lowest BCUT2D eigenvalue weighted by Crippen LogP contribution is -2.01. The van der Waals surface area contributed by atoms with E-state index in [2.05, 4.69) is 9.97 Å². The fourth-order valence-corrected chi connectivity index (χ4v) is 2.39. The van der Waals surface area contributed by atoms with Crippen LogP contribution in [0.1, 0.15) is 23.1 Å². The van der Waals surface area contributed by atoms with Crippen molar-refractivity contribution in [3.05, 3.63) is 71.7 Å². The standard InChI is InChI=1S/C18H18N2O2/c1-12-7-9-13(10-8-12)17(21)18-19-11-15(20-18)14-5-3-4-6-16(14)22-2/h3-11,17,21H,1-2H3,(H,19,20). The molecule has 3 aromatic rings. The monoisotopic (exact) mass is 294 g/mol. The summed E-state index contributed by atoms with van der Waals surface area (Å²) in [7, 11) is 1.64. The maximum Gasteiger partial charge on any atom is 0.140 e. The van der Waals surface area contributed by atoms with Gasteiger partial charge in [-0.25, -0.2) is 4.98 Å². The molecular weight excluding hydrogens is 276 g/mol. The quantitative estimate of drug-likeness (QED) is 0.774. The minimum Gasteiger partial charge on any atom is -0.496 e. The molecule has 2 aromatic carbocycles. The highest BCUT2D eigenvalue weighted by atomic mass is 16.5. The molecule has 0 bridgehead atoms. The average Bonchev–Trinajstić information content (AvgIpc) is 3.04. The number of hydrogen-bond donors (Lipinski definition) is 2. The molecule has 0 aliphatic carbocycles. The lowest BCUT2D eigenvalue weighted by Gasteiger charge is -2.09. The zero-order valence-electron chi connectivity index (χ0n) is 12.6. The van der Waals surface area contributed by atoms with Crippen molar-refractivity contribution in [3.8, 4) is 17.0 Å². The smallest absolute Gasteiger partial charge is 0.140 e. The topological polar surface area (TPSA) is 58.1 Å². The molecule has 1 unspecified atom stereocenters. The summed E-state index contributed by atoms with van der Waals surface area (Å²) in [5, 5.41) is 10.4. The Labute approximate surface area is 129 Å². The van der Waals surface area contributed by atoms with Crippen LogP contribution in [0.3, 0.4) is 0 Å². The zero-order valence-corrected chi connectivity index (χ0v) is 12.6. The maximum atomic E-state index is 10.4. The van der Waals surface area contributed by atoms with Gasteiger partial charge in [-0.3, -0.25) is 0 Å². The average molecular weight is 294 g/mol. The van der Waals surface area contributed by atoms with E-state index in [-0.39, 0.29) is 0 Å². The minimum atomic E-state index is -0.774. The molecular formula is C18H18N2O2. The highest BCUT2D eigenvalue weighted by Crippen LogP contribution is 2.29. The van der Waals surface area contributed by atoms with Gasteiger partial charge >= 0.3 is 0 Å². The Bertz CT molecular complexity index is 763. The van der Waals surface area contributed by atoms with Crippen molar-refractivity contribution < 1.29 is 9.84 Å². The molecule has 4 nitrogen and oxygen atoms in total. The number of nitrogens with one attached hydrogen (secondary N) is 1. The molecule has 2 N–H and O–H groups in total. The first kappa shape index (κ1) is 14.4. The van der Waals surface area contributed by atoms with Gasteiger partial charge < -0.3 is 14.8 Å². The largest absolute Gasteiger partial charge is 0.496 e. The van der Waals surface area contributed by atoms with Crippen LogP contribution in [0, 0.1) is 6.92 Å². The predicted octanol–water partition coefficient (Wildman–Crippen LogP) is 3.48. The van der Waals surface area contributed by atoms with Crippen LogP contribution in [0.4, 0.5) is 0 Å². The van der Waals surface area contributed by atoms with E-state index in [0.29, 0.717) is 5.82 Å². The van der Waals surface area contributed by atoms with Gasteiger partial charge in [0.25, 0.3) is 0 Å². The lowest BCUT2D eigenvalue weighted by atomic mass is 10.1. The molecule has 0 aliphatic rings. The number of aliphatic hydroxyl groups excluding tert-OH is 1. The first-order chi connectivity index (χ1) is 10.7. The molecule has 0 amide bonds. The zero-order chi connectivity index (χ0) is 15.5. The summed E-state index contributed by atoms with van der Waals surface area (Å²) < 4.78 is 5.36. The third kappa shape index (κ3) is 2.73. The van der Waals surface area contributed by atoms with Crippen LogP contribution in [0.25, 0.3) is 11.3 Å². The maximum absolute atomic E-state index is 10.4. The molecule has 4 heteroatoms. The van der Waals surface area contributed by atoms with Crippen LogP contribution in [0.2, 0.25) is 0 Å². The summed E-state index contributed by atoms with van der Waals surface area (Å²) in [6.45, 7) is 2.02. The Hall–Kier alpha value is -2.59. The molecule has 0 fully saturated rings. The number of H-pyrrole nitrogens is 1. The van der Waals surface area contributed by atoms with Gasteiger partial charge in [-0.05, 0) is 24.6 Å². The number of aromatic amines is 1. The number of hydrogen-bond acceptors (Lipinski definition) is 3. The van der Waals surface area contributed by atoms with Crippen molar-refractivity contribution in [3.63, 3.8) is 0 Å². The van der Waals surface area contributed by atoms with Crippen molar-refractivity contribution in [2.45, 2.75) is 13.0 Å². The molecule has 3 rings (SSSR count). The number of benzene rings is 2. The van der Waals surface area contributed by atoms with Crippen LogP contribution < -0.4 is 4.74 Å². The molecule has 0 aliphatic heterocycles. The number of aromatic nitrogens is 2. The highest BCUT2D eigenvalue weighted by molar-refractivity contribution is 5.66. The first-order valence-corrected chi connectivity index (χ1v) is 7.12. The summed E-state index contributed by atoms with van der Waals surface area (Å²) in [6, 6.07) is 15.5. The van der Waals surface area contributed by atoms with E-state index in [0.717, 1.165) is 28.1 Å². The highest BCUT2D eigenvalue weighted by Gasteiger charge is 2.15. The van der Waals surface area contributed by atoms with Crippen LogP contribution >= 0.6 is 0 Å². The normalized spacial score (nSPS) is 12.1. The summed E-state index contributed by atoms with van der Waals surface area (Å²) in [5.74, 6) is 1.28. The van der Waals surface area contributed by atoms with Gasteiger partial charge in [0.2, 0.25) is 0 Å². The molecule has 112 valence electrons. The number of aryl methyl sites for hydroxylation is 1. The fourth-order valence-electron chi connectivity index (χ4n) is 2.39. The molecule has 1 atom stereocenters. The van der Waals surface area contributed by atoms with Gasteiger partial charge in [0.05, 0.1) is 19.0 Å². The van der Waals surface area contributed by atoms with Gasteiger partial charge in [-0.1, -0.05) is 42.0 Å². The lowest BCUT2D eigenvalue weighted by molar-refractivity contribution is 0.211. The first-order valence-electron chi connectivity index (χ1n) is 7.12. The Morgan fingerprint density at radius 1 is 1.09 bits per heavy atom. The summed E-state index contributed by atoms with van der Waals surface area (Å²) in [6.07, 6.45) is 0.939. The second-order valence-electron chi connectivity index (χ2n) is 5.20. The second-order valence-corrected chi connectivity index (χ2v) is 5.20. The van der Waals surface area contributed by atoms with E-state index in [1.54, 1.807) is 13.3 Å². The Morgan fingerprint density at radius 3 is 2.55 bits per heavy atom. The Balaban J connectivity index is 1.92. The number of ether oxygens (including phenoxy) is 1. The Morgan fingerprint density at radius 2 is 1.82 bits per heavy atom. The van der Waals surface area contributed by atoms with Crippen molar-refractivity contribution in [1.82, 2.24) is 9.97 Å². The van der Waals surface area contributed by atoms with Gasteiger partial charge in [0, 0.05) is 5.56 Å². The molecule has 1 heterocycles. The van der Waals surface area contributed by atoms with E-state index >= 15 is 0 Å². The summed E-state index contributed by atoms with van der Waals surface area (Å²) >= 11 is 0. The van der Waals surface area contributed by atoms with Crippen molar-refractivity contribution >= 4 is 0 Å². The molecule has 1 aromatic heterocycles. The van der Waals surface area contributed by atoms with E-state index in [1.807, 2.05) is 55.5 Å². The van der Waals surface area contributed by atoms with E-state index < -0.39 is 6.10 Å². The van der Waals surface area contributed by atoms with Crippen molar-refractivity contribution in [2.24, 2.45) is 0 Å². The SMILES string of the molecule is COc1ccccc1-c1cnc(C(O)c2ccc(C)cc2)[nH]1. The van der Waals surface area contributed by atoms with Crippen LogP contribution in [0.15, 0.2) is 54.7 Å². The van der Waals surface area contributed by atoms with E-state index in [1.165, 1.54) is 0 Å². The third-order valence-corrected chi connectivity index (χ3v) is 3.64. The number of para-hydroxylation sites is 1. The molecule has 0 saturated carbocycles. The van der Waals surface area contributed by atoms with Gasteiger partial charge in [-0.2, -0.15) is 0 Å². The summed E-state index contributed by atoms with van der Waals surface area (Å²) in [4.78, 5) is 7.48. The Kier molecular flexibility index (Phi) is 3.94. The van der Waals surface area contributed by atoms with Crippen LogP contribution in [0.5, 0.6) is 5.75 Å². The number of aliphatic hydroxyl groups is 1. The van der Waals surface area contributed by atoms with Gasteiger partial charge in [0.1, 0.15) is 17.7 Å². The molecule has 0 spiro atoms. The minimum absolute atomic E-state index is 0.518. The van der Waals surface area contributed by atoms with Gasteiger partial charge in [0.15, 0.2) is 0 Å². The predicted molar refractivity (Wildman–Crippen MR) is 85.8 cm³/mol. The number of nitrogens with zero attached hydrogens (tertiary/aromatic N) is 1. The van der Waals surface area contributed by atoms with E-state index in [4.69, 9.17) is 4.74 Å². The van der Waals surface area contributed by atoms with Crippen LogP contribution in [-0.2, 0) is 0 Å². The van der Waals surface area contributed by atoms with Crippen molar-refractivity contribution in [2.75, 3.05) is 7.11 Å². The van der Waals surface area contributed by atoms with Crippen molar-refractivity contribution in [1.29, 1.82) is 0 Å². The van der Waals surface area contributed by atoms with E-state index in [9.17, 15) is 5.11 Å². The van der Waals surface area contributed by atoms with Crippen LogP contribution in [-0.4, -0.2) is 22.2 Å². The third-order valence-electron chi connectivity index (χ3n) is 3.64. The summed E-state index contributed by atoms with van der Waals surface area (Å²) in [5.41, 5.74) is 3.70. The number of imidazole rings is 1. The molecule has 0 saturated heterocycles. The van der Waals surface area contributed by atoms with Gasteiger partial charge in [-0.15, -0.1) is 0 Å². The fraction of sp³-hybridized carbons (Fsp3) is 0.167. The molecule has 0 radical (unpaired) electrons.